The Balaban J connectivity index is 2.50. The number of carbonyl (C=O) groups excluding carboxylic acids is 1. The van der Waals surface area contributed by atoms with Gasteiger partial charge in [-0.2, -0.15) is 0 Å². The Bertz CT molecular complexity index is 308. The van der Waals surface area contributed by atoms with Crippen molar-refractivity contribution in [3.05, 3.63) is 0 Å². The van der Waals surface area contributed by atoms with Crippen molar-refractivity contribution >= 4 is 5.91 Å². The van der Waals surface area contributed by atoms with Crippen molar-refractivity contribution in [2.24, 2.45) is 0 Å². The fourth-order valence-corrected chi connectivity index (χ4v) is 2.30. The number of nitrogens with zero attached hydrogens (tertiary/aromatic N) is 1. The molecule has 0 aromatic rings. The molecule has 1 fully saturated rings. The highest BCUT2D eigenvalue weighted by Crippen LogP contribution is 2.09. The summed E-state index contributed by atoms with van der Waals surface area (Å²) in [6.45, 7) is 5.51. The van der Waals surface area contributed by atoms with E-state index >= 15 is 0 Å². The van der Waals surface area contributed by atoms with Gasteiger partial charge < -0.3 is 15.4 Å². The Hall–Kier alpha value is -1.09. The van der Waals surface area contributed by atoms with Crippen molar-refractivity contribution in [1.82, 2.24) is 15.5 Å². The molecule has 2 atom stereocenters. The molecule has 0 aromatic carbocycles. The first kappa shape index (κ1) is 16.0. The second kappa shape index (κ2) is 8.92. The van der Waals surface area contributed by atoms with Crippen LogP contribution < -0.4 is 10.6 Å². The number of terminal acetylenes is 1. The van der Waals surface area contributed by atoms with Gasteiger partial charge in [0, 0.05) is 26.2 Å². The van der Waals surface area contributed by atoms with Crippen molar-refractivity contribution in [2.45, 2.75) is 31.8 Å². The second-order valence-electron chi connectivity index (χ2n) is 4.88. The number of carbonyl (C=O) groups is 1. The number of methoxy groups -OCH3 is 1. The van der Waals surface area contributed by atoms with Gasteiger partial charge in [0.05, 0.1) is 19.2 Å². The zero-order valence-electron chi connectivity index (χ0n) is 11.9. The van der Waals surface area contributed by atoms with E-state index in [1.54, 1.807) is 7.11 Å². The van der Waals surface area contributed by atoms with Gasteiger partial charge in [0.2, 0.25) is 5.91 Å². The summed E-state index contributed by atoms with van der Waals surface area (Å²) >= 11 is 0. The van der Waals surface area contributed by atoms with Crippen LogP contribution in [0.15, 0.2) is 0 Å². The smallest absolute Gasteiger partial charge is 0.237 e. The highest BCUT2D eigenvalue weighted by Gasteiger charge is 2.25. The molecule has 19 heavy (non-hydrogen) atoms. The zero-order valence-corrected chi connectivity index (χ0v) is 11.9. The second-order valence-corrected chi connectivity index (χ2v) is 4.88. The molecular weight excluding hydrogens is 242 g/mol. The molecule has 0 saturated carbocycles. The average Bonchev–Trinajstić information content (AvgIpc) is 2.92. The van der Waals surface area contributed by atoms with Crippen molar-refractivity contribution in [2.75, 3.05) is 39.9 Å². The number of amides is 1. The predicted octanol–water partition coefficient (Wildman–Crippen LogP) is -0.175. The Kier molecular flexibility index (Phi) is 7.49. The quantitative estimate of drug-likeness (QED) is 0.599. The van der Waals surface area contributed by atoms with Gasteiger partial charge in [0.15, 0.2) is 0 Å². The lowest BCUT2D eigenvalue weighted by Crippen LogP contribution is -2.50. The van der Waals surface area contributed by atoms with Gasteiger partial charge >= 0.3 is 0 Å². The first-order valence-electron chi connectivity index (χ1n) is 6.86. The molecule has 1 saturated heterocycles. The summed E-state index contributed by atoms with van der Waals surface area (Å²) < 4.78 is 5.12. The van der Waals surface area contributed by atoms with Crippen LogP contribution in [0.4, 0.5) is 0 Å². The molecular formula is C14H25N3O2. The lowest BCUT2D eigenvalue weighted by atomic mass is 10.1. The van der Waals surface area contributed by atoms with E-state index in [0.717, 1.165) is 19.6 Å². The molecule has 0 radical (unpaired) electrons. The first-order valence-corrected chi connectivity index (χ1v) is 6.86. The Labute approximate surface area is 116 Å². The summed E-state index contributed by atoms with van der Waals surface area (Å²) in [6, 6.07) is 0.283. The molecule has 0 spiro atoms. The van der Waals surface area contributed by atoms with Crippen LogP contribution in [0.5, 0.6) is 0 Å². The fourth-order valence-electron chi connectivity index (χ4n) is 2.30. The number of nitrogens with one attached hydrogen (secondary N) is 2. The molecule has 5 heteroatoms. The Morgan fingerprint density at radius 1 is 1.68 bits per heavy atom. The van der Waals surface area contributed by atoms with E-state index < -0.39 is 0 Å². The molecule has 2 unspecified atom stereocenters. The maximum atomic E-state index is 12.0. The van der Waals surface area contributed by atoms with Crippen LogP contribution in [0.1, 0.15) is 19.8 Å². The average molecular weight is 267 g/mol. The van der Waals surface area contributed by atoms with Gasteiger partial charge in [-0.3, -0.25) is 9.69 Å². The SMILES string of the molecule is C#CCNC(=O)C(C)N(CCOC)CC1CCCN1. The van der Waals surface area contributed by atoms with Gasteiger partial charge in [-0.25, -0.2) is 0 Å². The van der Waals surface area contributed by atoms with E-state index in [9.17, 15) is 4.79 Å². The number of rotatable bonds is 8. The molecule has 1 amide bonds. The van der Waals surface area contributed by atoms with Crippen molar-refractivity contribution < 1.29 is 9.53 Å². The van der Waals surface area contributed by atoms with Crippen LogP contribution in [-0.2, 0) is 9.53 Å². The predicted molar refractivity (Wildman–Crippen MR) is 75.8 cm³/mol. The van der Waals surface area contributed by atoms with Gasteiger partial charge in [-0.15, -0.1) is 6.42 Å². The summed E-state index contributed by atoms with van der Waals surface area (Å²) in [5.74, 6) is 2.40. The highest BCUT2D eigenvalue weighted by molar-refractivity contribution is 5.81. The third-order valence-electron chi connectivity index (χ3n) is 3.49. The Morgan fingerprint density at radius 2 is 2.47 bits per heavy atom. The number of hydrogen-bond donors (Lipinski definition) is 2. The lowest BCUT2D eigenvalue weighted by molar-refractivity contribution is -0.126. The summed E-state index contributed by atoms with van der Waals surface area (Å²) in [5.41, 5.74) is 0. The monoisotopic (exact) mass is 267 g/mol. The minimum atomic E-state index is -0.189. The van der Waals surface area contributed by atoms with Gasteiger partial charge in [0.1, 0.15) is 0 Å². The zero-order chi connectivity index (χ0) is 14.1. The van der Waals surface area contributed by atoms with Crippen LogP contribution in [-0.4, -0.2) is 62.8 Å². The summed E-state index contributed by atoms with van der Waals surface area (Å²) in [5, 5.41) is 6.19. The standard InChI is InChI=1S/C14H25N3O2/c1-4-7-16-14(18)12(2)17(9-10-19-3)11-13-6-5-8-15-13/h1,12-13,15H,5-11H2,2-3H3,(H,16,18). The van der Waals surface area contributed by atoms with Gasteiger partial charge in [0.25, 0.3) is 0 Å². The van der Waals surface area contributed by atoms with Crippen molar-refractivity contribution in [3.63, 3.8) is 0 Å². The van der Waals surface area contributed by atoms with Crippen LogP contribution in [0.25, 0.3) is 0 Å². The minimum absolute atomic E-state index is 0.0212. The van der Waals surface area contributed by atoms with Gasteiger partial charge in [-0.1, -0.05) is 5.92 Å². The van der Waals surface area contributed by atoms with E-state index in [-0.39, 0.29) is 18.5 Å². The molecule has 0 bridgehead atoms. The maximum Gasteiger partial charge on any atom is 0.237 e. The molecule has 1 aliphatic rings. The summed E-state index contributed by atoms with van der Waals surface area (Å²) in [7, 11) is 1.68. The lowest BCUT2D eigenvalue weighted by Gasteiger charge is -2.30. The topological polar surface area (TPSA) is 53.6 Å². The molecule has 2 N–H and O–H groups in total. The largest absolute Gasteiger partial charge is 0.383 e. The van der Waals surface area contributed by atoms with E-state index in [1.165, 1.54) is 12.8 Å². The van der Waals surface area contributed by atoms with Crippen LogP contribution in [0.2, 0.25) is 0 Å². The normalized spacial score (nSPS) is 20.2. The van der Waals surface area contributed by atoms with Crippen molar-refractivity contribution in [3.8, 4) is 12.3 Å². The van der Waals surface area contributed by atoms with E-state index in [1.807, 2.05) is 6.92 Å². The fraction of sp³-hybridized carbons (Fsp3) is 0.786. The summed E-state index contributed by atoms with van der Waals surface area (Å²) in [6.07, 6.45) is 7.53. The molecule has 1 aliphatic heterocycles. The van der Waals surface area contributed by atoms with Gasteiger partial charge in [-0.05, 0) is 26.3 Å². The van der Waals surface area contributed by atoms with Crippen LogP contribution in [0, 0.1) is 12.3 Å². The molecule has 1 heterocycles. The molecule has 0 aliphatic carbocycles. The van der Waals surface area contributed by atoms with E-state index in [2.05, 4.69) is 21.5 Å². The van der Waals surface area contributed by atoms with E-state index in [0.29, 0.717) is 12.6 Å². The first-order chi connectivity index (χ1) is 9.19. The molecule has 0 aromatic heterocycles. The van der Waals surface area contributed by atoms with E-state index in [4.69, 9.17) is 11.2 Å². The highest BCUT2D eigenvalue weighted by atomic mass is 16.5. The van der Waals surface area contributed by atoms with Crippen molar-refractivity contribution in [1.29, 1.82) is 0 Å². The summed E-state index contributed by atoms with van der Waals surface area (Å²) in [4.78, 5) is 14.1. The molecule has 1 rings (SSSR count). The molecule has 5 nitrogen and oxygen atoms in total. The third kappa shape index (κ3) is 5.60. The Morgan fingerprint density at radius 3 is 3.05 bits per heavy atom. The molecule has 108 valence electrons. The van der Waals surface area contributed by atoms with Crippen LogP contribution >= 0.6 is 0 Å². The number of hydrogen-bond acceptors (Lipinski definition) is 4. The van der Waals surface area contributed by atoms with Crippen LogP contribution in [0.3, 0.4) is 0 Å². The third-order valence-corrected chi connectivity index (χ3v) is 3.49. The maximum absolute atomic E-state index is 12.0. The minimum Gasteiger partial charge on any atom is -0.383 e. The number of ether oxygens (including phenoxy) is 1.